The van der Waals surface area contributed by atoms with Crippen molar-refractivity contribution in [3.63, 3.8) is 0 Å². The molecule has 5 heteroatoms. The normalized spacial score (nSPS) is 12.4. The number of rotatable bonds is 6. The maximum atomic E-state index is 11.0. The maximum absolute atomic E-state index is 11.0. The van der Waals surface area contributed by atoms with E-state index in [1.807, 2.05) is 6.20 Å². The highest BCUT2D eigenvalue weighted by Crippen LogP contribution is 2.18. The molecule has 0 radical (unpaired) electrons. The minimum absolute atomic E-state index is 0.0968. The van der Waals surface area contributed by atoms with Crippen LogP contribution < -0.4 is 10.6 Å². The summed E-state index contributed by atoms with van der Waals surface area (Å²) in [6, 6.07) is 0.267. The number of amides is 1. The maximum Gasteiger partial charge on any atom is 0.219 e. The molecule has 4 nitrogen and oxygen atoms in total. The van der Waals surface area contributed by atoms with Gasteiger partial charge in [-0.15, -0.1) is 11.3 Å². The smallest absolute Gasteiger partial charge is 0.219 e. The number of carbonyl (C=O) groups excluding carboxylic acids is 1. The lowest BCUT2D eigenvalue weighted by atomic mass is 10.2. The Morgan fingerprint density at radius 1 is 1.62 bits per heavy atom. The van der Waals surface area contributed by atoms with E-state index < -0.39 is 0 Å². The first-order valence-corrected chi connectivity index (χ1v) is 6.31. The zero-order valence-corrected chi connectivity index (χ0v) is 10.9. The Morgan fingerprint density at radius 3 is 2.94 bits per heavy atom. The zero-order valence-electron chi connectivity index (χ0n) is 10.0. The van der Waals surface area contributed by atoms with E-state index in [0.717, 1.165) is 18.0 Å². The zero-order chi connectivity index (χ0) is 12.0. The number of nitrogens with zero attached hydrogens (tertiary/aromatic N) is 1. The number of hydrogen-bond donors (Lipinski definition) is 2. The highest BCUT2D eigenvalue weighted by Gasteiger charge is 2.08. The van der Waals surface area contributed by atoms with Gasteiger partial charge >= 0.3 is 0 Å². The molecule has 0 saturated carbocycles. The summed E-state index contributed by atoms with van der Waals surface area (Å²) >= 11 is 1.71. The standard InChI is InChI=1S/C11H19N3OS/c1-8-7-14-11(16-8)9(2)13-6-4-5-10(15)12-3/h7,9,13H,4-6H2,1-3H3,(H,12,15). The van der Waals surface area contributed by atoms with Gasteiger partial charge in [0.25, 0.3) is 0 Å². The first-order chi connectivity index (χ1) is 7.63. The lowest BCUT2D eigenvalue weighted by Gasteiger charge is -2.10. The molecule has 1 heterocycles. The summed E-state index contributed by atoms with van der Waals surface area (Å²) in [5.41, 5.74) is 0. The van der Waals surface area contributed by atoms with Crippen LogP contribution in [0.3, 0.4) is 0 Å². The summed E-state index contributed by atoms with van der Waals surface area (Å²) in [5, 5.41) is 7.08. The molecule has 0 spiro atoms. The monoisotopic (exact) mass is 241 g/mol. The molecule has 2 N–H and O–H groups in total. The SMILES string of the molecule is CNC(=O)CCCNC(C)c1ncc(C)s1. The van der Waals surface area contributed by atoms with Gasteiger partial charge in [0.1, 0.15) is 5.01 Å². The molecule has 1 atom stereocenters. The third-order valence-electron chi connectivity index (χ3n) is 2.32. The Labute approximate surface area is 100 Å². The molecule has 0 aliphatic rings. The number of aryl methyl sites for hydroxylation is 1. The Hall–Kier alpha value is -0.940. The fraction of sp³-hybridized carbons (Fsp3) is 0.636. The lowest BCUT2D eigenvalue weighted by molar-refractivity contribution is -0.120. The Bertz CT molecular complexity index is 338. The van der Waals surface area contributed by atoms with Gasteiger partial charge in [0.2, 0.25) is 5.91 Å². The predicted octanol–water partition coefficient (Wildman–Crippen LogP) is 1.63. The molecule has 0 bridgehead atoms. The molecule has 1 aromatic heterocycles. The molecule has 1 unspecified atom stereocenters. The Kier molecular flexibility index (Phi) is 5.42. The van der Waals surface area contributed by atoms with Crippen molar-refractivity contribution in [2.45, 2.75) is 32.7 Å². The van der Waals surface area contributed by atoms with Crippen molar-refractivity contribution in [2.24, 2.45) is 0 Å². The van der Waals surface area contributed by atoms with Crippen LogP contribution in [0.4, 0.5) is 0 Å². The fourth-order valence-electron chi connectivity index (χ4n) is 1.35. The van der Waals surface area contributed by atoms with Crippen molar-refractivity contribution < 1.29 is 4.79 Å². The van der Waals surface area contributed by atoms with Crippen LogP contribution in [0.25, 0.3) is 0 Å². The summed E-state index contributed by atoms with van der Waals surface area (Å²) in [6.07, 6.45) is 3.32. The van der Waals surface area contributed by atoms with Crippen molar-refractivity contribution >= 4 is 17.2 Å². The Balaban J connectivity index is 2.20. The van der Waals surface area contributed by atoms with Crippen LogP contribution in [0.15, 0.2) is 6.20 Å². The molecule has 1 amide bonds. The van der Waals surface area contributed by atoms with E-state index >= 15 is 0 Å². The topological polar surface area (TPSA) is 54.0 Å². The van der Waals surface area contributed by atoms with Crippen LogP contribution in [0.5, 0.6) is 0 Å². The van der Waals surface area contributed by atoms with Crippen molar-refractivity contribution in [3.8, 4) is 0 Å². The fourth-order valence-corrected chi connectivity index (χ4v) is 2.15. The number of nitrogens with one attached hydrogen (secondary N) is 2. The van der Waals surface area contributed by atoms with Gasteiger partial charge in [0, 0.05) is 24.5 Å². The van der Waals surface area contributed by atoms with E-state index in [4.69, 9.17) is 0 Å². The largest absolute Gasteiger partial charge is 0.359 e. The van der Waals surface area contributed by atoms with Gasteiger partial charge < -0.3 is 10.6 Å². The number of thiazole rings is 1. The summed E-state index contributed by atoms with van der Waals surface area (Å²) in [6.45, 7) is 4.99. The molecular weight excluding hydrogens is 222 g/mol. The summed E-state index contributed by atoms with van der Waals surface area (Å²) in [7, 11) is 1.66. The van der Waals surface area contributed by atoms with Crippen LogP contribution in [-0.2, 0) is 4.79 Å². The van der Waals surface area contributed by atoms with Crippen molar-refractivity contribution in [1.29, 1.82) is 0 Å². The number of carbonyl (C=O) groups is 1. The van der Waals surface area contributed by atoms with Crippen molar-refractivity contribution in [2.75, 3.05) is 13.6 Å². The highest BCUT2D eigenvalue weighted by atomic mass is 32.1. The molecule has 0 aromatic carbocycles. The van der Waals surface area contributed by atoms with Gasteiger partial charge in [-0.2, -0.15) is 0 Å². The summed E-state index contributed by atoms with van der Waals surface area (Å²) in [5.74, 6) is 0.0968. The van der Waals surface area contributed by atoms with E-state index in [9.17, 15) is 4.79 Å². The molecule has 0 fully saturated rings. The van der Waals surface area contributed by atoms with Crippen LogP contribution in [0, 0.1) is 6.92 Å². The molecule has 0 aliphatic heterocycles. The average Bonchev–Trinajstić information content (AvgIpc) is 2.70. The van der Waals surface area contributed by atoms with Crippen LogP contribution in [0.2, 0.25) is 0 Å². The van der Waals surface area contributed by atoms with Gasteiger partial charge in [-0.1, -0.05) is 0 Å². The summed E-state index contributed by atoms with van der Waals surface area (Å²) < 4.78 is 0. The van der Waals surface area contributed by atoms with Gasteiger partial charge in [0.05, 0.1) is 6.04 Å². The molecular formula is C11H19N3OS. The van der Waals surface area contributed by atoms with E-state index in [2.05, 4.69) is 29.5 Å². The van der Waals surface area contributed by atoms with Gasteiger partial charge in [-0.3, -0.25) is 4.79 Å². The first-order valence-electron chi connectivity index (χ1n) is 5.49. The third kappa shape index (κ3) is 4.28. The van der Waals surface area contributed by atoms with Crippen LogP contribution in [0.1, 0.15) is 35.7 Å². The predicted molar refractivity (Wildman–Crippen MR) is 66.6 cm³/mol. The number of hydrogen-bond acceptors (Lipinski definition) is 4. The molecule has 0 saturated heterocycles. The quantitative estimate of drug-likeness (QED) is 0.744. The second-order valence-electron chi connectivity index (χ2n) is 3.76. The van der Waals surface area contributed by atoms with E-state index in [1.165, 1.54) is 4.88 Å². The molecule has 1 rings (SSSR count). The molecule has 1 aromatic rings. The summed E-state index contributed by atoms with van der Waals surface area (Å²) in [4.78, 5) is 16.5. The second-order valence-corrected chi connectivity index (χ2v) is 5.03. The van der Waals surface area contributed by atoms with E-state index in [-0.39, 0.29) is 11.9 Å². The second kappa shape index (κ2) is 6.60. The van der Waals surface area contributed by atoms with Crippen LogP contribution in [-0.4, -0.2) is 24.5 Å². The average molecular weight is 241 g/mol. The van der Waals surface area contributed by atoms with Gasteiger partial charge in [-0.05, 0) is 26.8 Å². The van der Waals surface area contributed by atoms with E-state index in [1.54, 1.807) is 18.4 Å². The van der Waals surface area contributed by atoms with E-state index in [0.29, 0.717) is 6.42 Å². The van der Waals surface area contributed by atoms with Crippen LogP contribution >= 0.6 is 11.3 Å². The van der Waals surface area contributed by atoms with Gasteiger partial charge in [0.15, 0.2) is 0 Å². The number of aromatic nitrogens is 1. The molecule has 90 valence electrons. The Morgan fingerprint density at radius 2 is 2.38 bits per heavy atom. The minimum Gasteiger partial charge on any atom is -0.359 e. The first kappa shape index (κ1) is 13.1. The van der Waals surface area contributed by atoms with Crippen molar-refractivity contribution in [3.05, 3.63) is 16.1 Å². The molecule has 16 heavy (non-hydrogen) atoms. The van der Waals surface area contributed by atoms with Crippen molar-refractivity contribution in [1.82, 2.24) is 15.6 Å². The highest BCUT2D eigenvalue weighted by molar-refractivity contribution is 7.11. The third-order valence-corrected chi connectivity index (χ3v) is 3.42. The molecule has 0 aliphatic carbocycles. The lowest BCUT2D eigenvalue weighted by Crippen LogP contribution is -2.23. The van der Waals surface area contributed by atoms with Gasteiger partial charge in [-0.25, -0.2) is 4.98 Å². The minimum atomic E-state index is 0.0968.